The zero-order chi connectivity index (χ0) is 24.9. The summed E-state index contributed by atoms with van der Waals surface area (Å²) < 4.78 is 16.4. The van der Waals surface area contributed by atoms with E-state index < -0.39 is 13.7 Å². The van der Waals surface area contributed by atoms with Crippen LogP contribution < -0.4 is 11.1 Å². The third-order valence-corrected chi connectivity index (χ3v) is 7.08. The van der Waals surface area contributed by atoms with E-state index in [-0.39, 0.29) is 24.9 Å². The number of rotatable bonds is 9. The molecule has 3 rings (SSSR count). The molecule has 0 bridgehead atoms. The van der Waals surface area contributed by atoms with Crippen LogP contribution in [-0.2, 0) is 0 Å². The van der Waals surface area contributed by atoms with Gasteiger partial charge >= 0.3 is 0 Å². The molecule has 0 saturated heterocycles. The van der Waals surface area contributed by atoms with Crippen molar-refractivity contribution < 1.29 is 9.18 Å². The highest BCUT2D eigenvalue weighted by atomic mass is 32.1. The fraction of sp³-hybridized carbons (Fsp3) is 0.480. The van der Waals surface area contributed by atoms with Gasteiger partial charge in [0.25, 0.3) is 5.91 Å². The number of halogens is 1. The Morgan fingerprint density at radius 2 is 2.12 bits per heavy atom. The highest BCUT2D eigenvalue weighted by molar-refractivity contribution is 7.12. The van der Waals surface area contributed by atoms with Gasteiger partial charge in [-0.2, -0.15) is 5.10 Å². The van der Waals surface area contributed by atoms with E-state index in [1.807, 2.05) is 30.6 Å². The van der Waals surface area contributed by atoms with Crippen LogP contribution in [0.5, 0.6) is 0 Å². The van der Waals surface area contributed by atoms with Gasteiger partial charge < -0.3 is 11.1 Å². The number of thiazole rings is 1. The average molecular weight is 500 g/mol. The quantitative estimate of drug-likeness (QED) is 0.319. The predicted molar refractivity (Wildman–Crippen MR) is 140 cm³/mol. The lowest BCUT2D eigenvalue weighted by molar-refractivity contribution is 0.0937. The van der Waals surface area contributed by atoms with Crippen LogP contribution in [-0.4, -0.2) is 46.8 Å². The Kier molecular flexibility index (Phi) is 8.28. The number of nitrogens with zero attached hydrogens (tertiary/aromatic N) is 3. The van der Waals surface area contributed by atoms with E-state index in [0.717, 1.165) is 29.5 Å². The van der Waals surface area contributed by atoms with Crippen LogP contribution >= 0.6 is 11.3 Å². The summed E-state index contributed by atoms with van der Waals surface area (Å²) in [7, 11) is -1.46. The van der Waals surface area contributed by atoms with Crippen LogP contribution in [0.3, 0.4) is 0 Å². The van der Waals surface area contributed by atoms with Crippen molar-refractivity contribution in [1.29, 1.82) is 0 Å². The molecule has 0 aliphatic carbocycles. The van der Waals surface area contributed by atoms with Gasteiger partial charge in [0.05, 0.1) is 17.4 Å². The smallest absolute Gasteiger partial charge is 0.280 e. The largest absolute Gasteiger partial charge is 0.350 e. The van der Waals surface area contributed by atoms with Crippen molar-refractivity contribution in [1.82, 2.24) is 19.9 Å². The van der Waals surface area contributed by atoms with Crippen LogP contribution in [0.25, 0.3) is 16.8 Å². The van der Waals surface area contributed by atoms with Gasteiger partial charge in [-0.3, -0.25) is 4.79 Å². The molecular weight excluding hydrogens is 465 g/mol. The molecule has 0 radical (unpaired) electrons. The molecule has 0 spiro atoms. The molecule has 3 aromatic rings. The maximum atomic E-state index is 14.6. The SMILES string of the molecule is CC(N)CCCC(C)(F)CCNC(=O)c1nc(-c2cnn3cc(C#C[Si](C)(C)C)ccc23)cs1. The molecule has 1 amide bonds. The molecule has 3 aromatic heterocycles. The van der Waals surface area contributed by atoms with Gasteiger partial charge in [0.1, 0.15) is 13.7 Å². The van der Waals surface area contributed by atoms with Gasteiger partial charge in [-0.25, -0.2) is 13.9 Å². The van der Waals surface area contributed by atoms with Crippen LogP contribution in [0.2, 0.25) is 19.6 Å². The second-order valence-corrected chi connectivity index (χ2v) is 15.7. The molecule has 2 unspecified atom stereocenters. The van der Waals surface area contributed by atoms with Crippen molar-refractivity contribution in [2.24, 2.45) is 5.73 Å². The molecule has 34 heavy (non-hydrogen) atoms. The van der Waals surface area contributed by atoms with Crippen molar-refractivity contribution in [3.05, 3.63) is 40.5 Å². The minimum absolute atomic E-state index is 0.0773. The van der Waals surface area contributed by atoms with Crippen molar-refractivity contribution in [3.63, 3.8) is 0 Å². The molecule has 0 aromatic carbocycles. The zero-order valence-electron chi connectivity index (χ0n) is 20.6. The number of alkyl halides is 1. The zero-order valence-corrected chi connectivity index (χ0v) is 22.4. The minimum Gasteiger partial charge on any atom is -0.350 e. The Morgan fingerprint density at radius 3 is 2.82 bits per heavy atom. The number of hydrogen-bond donors (Lipinski definition) is 2. The van der Waals surface area contributed by atoms with Crippen LogP contribution in [0, 0.1) is 11.5 Å². The maximum Gasteiger partial charge on any atom is 0.280 e. The van der Waals surface area contributed by atoms with Crippen molar-refractivity contribution in [3.8, 4) is 22.7 Å². The monoisotopic (exact) mass is 499 g/mol. The first-order valence-electron chi connectivity index (χ1n) is 11.6. The summed E-state index contributed by atoms with van der Waals surface area (Å²) in [6.45, 7) is 10.4. The van der Waals surface area contributed by atoms with E-state index in [4.69, 9.17) is 5.73 Å². The molecule has 9 heteroatoms. The first kappa shape index (κ1) is 26.1. The van der Waals surface area contributed by atoms with Crippen molar-refractivity contribution in [2.75, 3.05) is 6.54 Å². The standard InChI is InChI=1S/C25H34FN5OSSi/c1-18(27)7-6-11-25(2,26)12-13-28-23(32)24-30-21(17-33-24)20-15-29-31-16-19(8-9-22(20)31)10-14-34(3,4)5/h8-9,15-18H,6-7,11-13,27H2,1-5H3,(H,28,32). The van der Waals surface area contributed by atoms with Gasteiger partial charge in [0.15, 0.2) is 5.01 Å². The van der Waals surface area contributed by atoms with Crippen molar-refractivity contribution in [2.45, 2.75) is 70.9 Å². The summed E-state index contributed by atoms with van der Waals surface area (Å²) in [5, 5.41) is 9.43. The van der Waals surface area contributed by atoms with Gasteiger partial charge in [0.2, 0.25) is 0 Å². The predicted octanol–water partition coefficient (Wildman–Crippen LogP) is 5.05. The number of nitrogens with two attached hydrogens (primary N) is 1. The summed E-state index contributed by atoms with van der Waals surface area (Å²) in [6, 6.07) is 4.03. The topological polar surface area (TPSA) is 85.3 Å². The lowest BCUT2D eigenvalue weighted by Crippen LogP contribution is -2.30. The summed E-state index contributed by atoms with van der Waals surface area (Å²) in [5.74, 6) is 2.95. The molecule has 0 saturated carbocycles. The van der Waals surface area contributed by atoms with Gasteiger partial charge in [-0.15, -0.1) is 16.9 Å². The first-order valence-corrected chi connectivity index (χ1v) is 16.0. The van der Waals surface area contributed by atoms with Crippen LogP contribution in [0.15, 0.2) is 29.9 Å². The van der Waals surface area contributed by atoms with Crippen LogP contribution in [0.4, 0.5) is 4.39 Å². The normalized spacial score (nSPS) is 14.3. The number of pyridine rings is 1. The second-order valence-electron chi connectivity index (χ2n) is 10.1. The summed E-state index contributed by atoms with van der Waals surface area (Å²) in [6.07, 6.45) is 5.89. The van der Waals surface area contributed by atoms with E-state index in [0.29, 0.717) is 17.1 Å². The molecule has 182 valence electrons. The molecular formula is C25H34FN5OSSi. The third kappa shape index (κ3) is 7.48. The average Bonchev–Trinajstić information content (AvgIpc) is 3.37. The van der Waals surface area contributed by atoms with Gasteiger partial charge in [0, 0.05) is 35.3 Å². The number of nitrogens with one attached hydrogen (secondary N) is 1. The number of hydrogen-bond acceptors (Lipinski definition) is 5. The number of amides is 1. The maximum absolute atomic E-state index is 14.6. The molecule has 0 aliphatic rings. The summed E-state index contributed by atoms with van der Waals surface area (Å²) in [5.41, 5.74) is 11.1. The molecule has 3 N–H and O–H groups in total. The molecule has 0 aliphatic heterocycles. The lowest BCUT2D eigenvalue weighted by atomic mass is 9.96. The first-order chi connectivity index (χ1) is 15.9. The Morgan fingerprint density at radius 1 is 1.35 bits per heavy atom. The summed E-state index contributed by atoms with van der Waals surface area (Å²) in [4.78, 5) is 17.0. The highest BCUT2D eigenvalue weighted by Gasteiger charge is 2.23. The van der Waals surface area contributed by atoms with Crippen molar-refractivity contribution >= 4 is 30.8 Å². The third-order valence-electron chi connectivity index (χ3n) is 5.36. The molecule has 2 atom stereocenters. The highest BCUT2D eigenvalue weighted by Crippen LogP contribution is 2.27. The molecule has 3 heterocycles. The number of fused-ring (bicyclic) bond motifs is 1. The molecule has 0 fully saturated rings. The fourth-order valence-corrected chi connectivity index (χ4v) is 4.70. The Balaban J connectivity index is 1.62. The Hall–Kier alpha value is -2.54. The minimum atomic E-state index is -1.46. The summed E-state index contributed by atoms with van der Waals surface area (Å²) >= 11 is 1.27. The van der Waals surface area contributed by atoms with Gasteiger partial charge in [-0.05, 0) is 51.7 Å². The van der Waals surface area contributed by atoms with Crippen LogP contribution in [0.1, 0.15) is 54.9 Å². The molecule has 6 nitrogen and oxygen atoms in total. The Bertz CT molecular complexity index is 1200. The number of carbonyl (C=O) groups excluding carboxylic acids is 1. The van der Waals surface area contributed by atoms with E-state index in [2.05, 4.69) is 46.5 Å². The van der Waals surface area contributed by atoms with E-state index in [1.165, 1.54) is 11.3 Å². The fourth-order valence-electron chi connectivity index (χ4n) is 3.45. The number of carbonyl (C=O) groups is 1. The second kappa shape index (κ2) is 10.8. The number of aromatic nitrogens is 3. The lowest BCUT2D eigenvalue weighted by Gasteiger charge is -2.20. The van der Waals surface area contributed by atoms with E-state index >= 15 is 0 Å². The van der Waals surface area contributed by atoms with E-state index in [9.17, 15) is 9.18 Å². The Labute approximate surface area is 206 Å². The van der Waals surface area contributed by atoms with Gasteiger partial charge in [-0.1, -0.05) is 25.6 Å². The van der Waals surface area contributed by atoms with E-state index in [1.54, 1.807) is 17.6 Å².